The minimum atomic E-state index is -0.337. The summed E-state index contributed by atoms with van der Waals surface area (Å²) in [5, 5.41) is 9.98. The number of imidazole rings is 1. The van der Waals surface area contributed by atoms with Gasteiger partial charge in [0.2, 0.25) is 5.91 Å². The Morgan fingerprint density at radius 1 is 1.06 bits per heavy atom. The third-order valence-corrected chi connectivity index (χ3v) is 4.96. The van der Waals surface area contributed by atoms with Gasteiger partial charge in [0.25, 0.3) is 5.91 Å². The first-order valence-electron chi connectivity index (χ1n) is 9.99. The maximum atomic E-state index is 12.5. The summed E-state index contributed by atoms with van der Waals surface area (Å²) in [5.41, 5.74) is 2.11. The smallest absolute Gasteiger partial charge is 0.275 e. The van der Waals surface area contributed by atoms with Crippen LogP contribution in [-0.2, 0) is 16.6 Å². The van der Waals surface area contributed by atoms with Gasteiger partial charge in [-0.15, -0.1) is 0 Å². The van der Waals surface area contributed by atoms with E-state index in [2.05, 4.69) is 20.8 Å². The predicted octanol–water partition coefficient (Wildman–Crippen LogP) is 4.71. The van der Waals surface area contributed by atoms with Gasteiger partial charge in [0.1, 0.15) is 17.1 Å². The molecule has 4 rings (SSSR count). The minimum absolute atomic E-state index is 0.166. The van der Waals surface area contributed by atoms with Crippen molar-refractivity contribution in [1.29, 1.82) is 0 Å². The van der Waals surface area contributed by atoms with Gasteiger partial charge in [-0.2, -0.15) is 0 Å². The molecule has 0 bridgehead atoms. The van der Waals surface area contributed by atoms with Gasteiger partial charge < -0.3 is 19.6 Å². The van der Waals surface area contributed by atoms with E-state index in [-0.39, 0.29) is 29.3 Å². The molecule has 1 aromatic carbocycles. The first-order chi connectivity index (χ1) is 15.2. The van der Waals surface area contributed by atoms with E-state index >= 15 is 0 Å². The number of carbonyl (C=O) groups is 2. The molecule has 9 heteroatoms. The highest BCUT2D eigenvalue weighted by molar-refractivity contribution is 6.30. The van der Waals surface area contributed by atoms with E-state index in [1.807, 2.05) is 20.8 Å². The second-order valence-corrected chi connectivity index (χ2v) is 8.88. The lowest BCUT2D eigenvalue weighted by Crippen LogP contribution is -2.15. The van der Waals surface area contributed by atoms with Crippen LogP contribution in [0.5, 0.6) is 0 Å². The largest absolute Gasteiger partial charge is 0.359 e. The van der Waals surface area contributed by atoms with Crippen LogP contribution in [0.25, 0.3) is 5.65 Å². The molecular weight excluding hydrogens is 430 g/mol. The average molecular weight is 452 g/mol. The fourth-order valence-corrected chi connectivity index (χ4v) is 3.20. The maximum absolute atomic E-state index is 12.5. The molecule has 0 fully saturated rings. The lowest BCUT2D eigenvalue weighted by atomic mass is 9.93. The molecule has 4 aromatic rings. The van der Waals surface area contributed by atoms with Gasteiger partial charge in [-0.25, -0.2) is 4.98 Å². The van der Waals surface area contributed by atoms with E-state index in [1.165, 1.54) is 0 Å². The summed E-state index contributed by atoms with van der Waals surface area (Å²) in [6.07, 6.45) is 3.47. The fourth-order valence-electron chi connectivity index (χ4n) is 3.04. The summed E-state index contributed by atoms with van der Waals surface area (Å²) in [4.78, 5) is 29.1. The minimum Gasteiger partial charge on any atom is -0.359 e. The van der Waals surface area contributed by atoms with Crippen molar-refractivity contribution in [2.75, 3.05) is 10.6 Å². The molecule has 2 N–H and O–H groups in total. The number of nitrogens with zero attached hydrogens (tertiary/aromatic N) is 3. The highest BCUT2D eigenvalue weighted by Crippen LogP contribution is 2.24. The number of anilines is 2. The second-order valence-electron chi connectivity index (χ2n) is 8.44. The maximum Gasteiger partial charge on any atom is 0.275 e. The van der Waals surface area contributed by atoms with E-state index < -0.39 is 0 Å². The number of rotatable bonds is 5. The van der Waals surface area contributed by atoms with Crippen LogP contribution in [0.15, 0.2) is 59.4 Å². The Bertz CT molecular complexity index is 1290. The summed E-state index contributed by atoms with van der Waals surface area (Å²) < 4.78 is 6.97. The molecular formula is C23H22ClN5O3. The standard InChI is InChI=1S/C23H22ClN5O3/c1-23(2,3)18-11-19(28-32-18)27-21(30)10-14-4-7-16(8-5-14)25-22(31)17-13-29-12-15(24)6-9-20(29)26-17/h4-9,11-13H,10H2,1-3H3,(H,25,31)(H,27,28,30). The van der Waals surface area contributed by atoms with Crippen molar-refractivity contribution >= 4 is 40.6 Å². The number of nitrogens with one attached hydrogen (secondary N) is 2. The van der Waals surface area contributed by atoms with Gasteiger partial charge >= 0.3 is 0 Å². The van der Waals surface area contributed by atoms with E-state index in [0.717, 1.165) is 5.56 Å². The zero-order valence-electron chi connectivity index (χ0n) is 17.8. The molecule has 0 unspecified atom stereocenters. The molecule has 164 valence electrons. The van der Waals surface area contributed by atoms with Crippen LogP contribution in [0.2, 0.25) is 5.02 Å². The van der Waals surface area contributed by atoms with E-state index in [0.29, 0.717) is 27.9 Å². The normalized spacial score (nSPS) is 11.5. The summed E-state index contributed by atoms with van der Waals surface area (Å²) >= 11 is 5.97. The fraction of sp³-hybridized carbons (Fsp3) is 0.217. The number of hydrogen-bond donors (Lipinski definition) is 2. The highest BCUT2D eigenvalue weighted by atomic mass is 35.5. The Morgan fingerprint density at radius 2 is 1.81 bits per heavy atom. The van der Waals surface area contributed by atoms with Gasteiger partial charge in [-0.3, -0.25) is 9.59 Å². The van der Waals surface area contributed by atoms with Crippen molar-refractivity contribution in [2.24, 2.45) is 0 Å². The van der Waals surface area contributed by atoms with Crippen LogP contribution in [0.3, 0.4) is 0 Å². The molecule has 3 heterocycles. The zero-order chi connectivity index (χ0) is 22.9. The van der Waals surface area contributed by atoms with Gasteiger partial charge in [0.15, 0.2) is 5.82 Å². The van der Waals surface area contributed by atoms with Crippen LogP contribution < -0.4 is 10.6 Å². The highest BCUT2D eigenvalue weighted by Gasteiger charge is 2.20. The van der Waals surface area contributed by atoms with E-state index in [9.17, 15) is 9.59 Å². The molecule has 0 spiro atoms. The summed E-state index contributed by atoms with van der Waals surface area (Å²) in [6.45, 7) is 6.01. The van der Waals surface area contributed by atoms with Crippen molar-refractivity contribution in [3.8, 4) is 0 Å². The predicted molar refractivity (Wildman–Crippen MR) is 122 cm³/mol. The van der Waals surface area contributed by atoms with Crippen LogP contribution in [0, 0.1) is 0 Å². The molecule has 0 saturated heterocycles. The van der Waals surface area contributed by atoms with E-state index in [1.54, 1.807) is 59.3 Å². The number of hydrogen-bond acceptors (Lipinski definition) is 5. The number of carbonyl (C=O) groups excluding carboxylic acids is 2. The molecule has 32 heavy (non-hydrogen) atoms. The molecule has 0 aliphatic heterocycles. The van der Waals surface area contributed by atoms with Crippen molar-refractivity contribution in [3.63, 3.8) is 0 Å². The first-order valence-corrected chi connectivity index (χ1v) is 10.4. The zero-order valence-corrected chi connectivity index (χ0v) is 18.6. The molecule has 0 aliphatic carbocycles. The molecule has 3 aromatic heterocycles. The topological polar surface area (TPSA) is 102 Å². The quantitative estimate of drug-likeness (QED) is 0.457. The number of fused-ring (bicyclic) bond motifs is 1. The van der Waals surface area contributed by atoms with Gasteiger partial charge in [-0.05, 0) is 29.8 Å². The number of benzene rings is 1. The Hall–Kier alpha value is -3.65. The summed E-state index contributed by atoms with van der Waals surface area (Å²) in [6, 6.07) is 12.2. The lowest BCUT2D eigenvalue weighted by Gasteiger charge is -2.12. The Kier molecular flexibility index (Phi) is 5.71. The van der Waals surface area contributed by atoms with Crippen LogP contribution in [0.1, 0.15) is 42.6 Å². The van der Waals surface area contributed by atoms with Gasteiger partial charge in [-0.1, -0.05) is 49.7 Å². The second kappa shape index (κ2) is 8.47. The third-order valence-electron chi connectivity index (χ3n) is 4.74. The Labute approximate surface area is 189 Å². The average Bonchev–Trinajstić information content (AvgIpc) is 3.36. The lowest BCUT2D eigenvalue weighted by molar-refractivity contribution is -0.115. The summed E-state index contributed by atoms with van der Waals surface area (Å²) in [5.74, 6) is 0.536. The SMILES string of the molecule is CC(C)(C)c1cc(NC(=O)Cc2ccc(NC(=O)c3cn4cc(Cl)ccc4n3)cc2)no1. The number of halogens is 1. The number of amides is 2. The monoisotopic (exact) mass is 451 g/mol. The molecule has 0 saturated carbocycles. The van der Waals surface area contributed by atoms with Crippen LogP contribution in [0.4, 0.5) is 11.5 Å². The Morgan fingerprint density at radius 3 is 2.50 bits per heavy atom. The molecule has 0 radical (unpaired) electrons. The first kappa shape index (κ1) is 21.6. The molecule has 8 nitrogen and oxygen atoms in total. The van der Waals surface area contributed by atoms with Crippen molar-refractivity contribution in [2.45, 2.75) is 32.6 Å². The molecule has 2 amide bonds. The van der Waals surface area contributed by atoms with E-state index in [4.69, 9.17) is 16.1 Å². The summed E-state index contributed by atoms with van der Waals surface area (Å²) in [7, 11) is 0. The van der Waals surface area contributed by atoms with Crippen molar-refractivity contribution < 1.29 is 14.1 Å². The number of pyridine rings is 1. The molecule has 0 aliphatic rings. The van der Waals surface area contributed by atoms with Gasteiger partial charge in [0.05, 0.1) is 11.4 Å². The third kappa shape index (κ3) is 4.97. The van der Waals surface area contributed by atoms with Crippen molar-refractivity contribution in [1.82, 2.24) is 14.5 Å². The van der Waals surface area contributed by atoms with Gasteiger partial charge in [0, 0.05) is 29.6 Å². The van der Waals surface area contributed by atoms with Crippen molar-refractivity contribution in [3.05, 3.63) is 76.9 Å². The van der Waals surface area contributed by atoms with Crippen LogP contribution >= 0.6 is 11.6 Å². The van der Waals surface area contributed by atoms with Crippen LogP contribution in [-0.4, -0.2) is 26.4 Å². The molecule has 0 atom stereocenters. The number of aromatic nitrogens is 3. The Balaban J connectivity index is 1.35.